The highest BCUT2D eigenvalue weighted by atomic mass is 35.5. The maximum atomic E-state index is 11.5. The molecule has 19 heavy (non-hydrogen) atoms. The third kappa shape index (κ3) is 2.33. The van der Waals surface area contributed by atoms with Crippen molar-refractivity contribution in [1.82, 2.24) is 10.3 Å². The Morgan fingerprint density at radius 2 is 2.21 bits per heavy atom. The van der Waals surface area contributed by atoms with E-state index in [9.17, 15) is 4.79 Å². The summed E-state index contributed by atoms with van der Waals surface area (Å²) in [5, 5.41) is 4.12. The Kier molecular flexibility index (Phi) is 3.19. The predicted molar refractivity (Wildman–Crippen MR) is 77.9 cm³/mol. The van der Waals surface area contributed by atoms with Gasteiger partial charge >= 0.3 is 0 Å². The maximum absolute atomic E-state index is 11.5. The maximum Gasteiger partial charge on any atom is 0.253 e. The van der Waals surface area contributed by atoms with Gasteiger partial charge in [0.15, 0.2) is 4.84 Å². The highest BCUT2D eigenvalue weighted by molar-refractivity contribution is 6.53. The summed E-state index contributed by atoms with van der Waals surface area (Å²) in [5.74, 6) is -0.320. The number of amides is 1. The SMILES string of the molecule is Cc1ccc2[nH]c3c(c2c1)CC(NC(=O)C(Cl)Cl)C3. The summed E-state index contributed by atoms with van der Waals surface area (Å²) in [6, 6.07) is 6.46. The van der Waals surface area contributed by atoms with E-state index in [1.165, 1.54) is 22.2 Å². The summed E-state index contributed by atoms with van der Waals surface area (Å²) in [4.78, 5) is 13.9. The number of alkyl halides is 2. The lowest BCUT2D eigenvalue weighted by Gasteiger charge is -2.12. The normalized spacial score (nSPS) is 18.0. The van der Waals surface area contributed by atoms with Crippen LogP contribution in [0.3, 0.4) is 0 Å². The minimum absolute atomic E-state index is 0.0821. The molecule has 1 aromatic heterocycles. The number of aromatic amines is 1. The number of aryl methyl sites for hydroxylation is 1. The van der Waals surface area contributed by atoms with Crippen LogP contribution in [-0.4, -0.2) is 21.8 Å². The second-order valence-electron chi connectivity index (χ2n) is 5.05. The second kappa shape index (κ2) is 4.73. The zero-order valence-corrected chi connectivity index (χ0v) is 12.0. The molecule has 3 nitrogen and oxygen atoms in total. The minimum Gasteiger partial charge on any atom is -0.358 e. The van der Waals surface area contributed by atoms with Gasteiger partial charge in [-0.05, 0) is 31.0 Å². The van der Waals surface area contributed by atoms with Crippen molar-refractivity contribution in [3.8, 4) is 0 Å². The van der Waals surface area contributed by atoms with Crippen LogP contribution in [0.5, 0.6) is 0 Å². The molecule has 1 aromatic carbocycles. The van der Waals surface area contributed by atoms with Gasteiger partial charge in [0, 0.05) is 29.1 Å². The average molecular weight is 297 g/mol. The van der Waals surface area contributed by atoms with Crippen LogP contribution in [0.1, 0.15) is 16.8 Å². The summed E-state index contributed by atoms with van der Waals surface area (Å²) in [5.41, 5.74) is 4.90. The summed E-state index contributed by atoms with van der Waals surface area (Å²) in [6.45, 7) is 2.08. The van der Waals surface area contributed by atoms with Crippen molar-refractivity contribution in [2.75, 3.05) is 0 Å². The van der Waals surface area contributed by atoms with E-state index in [0.29, 0.717) is 0 Å². The molecule has 0 bridgehead atoms. The molecule has 1 aliphatic carbocycles. The van der Waals surface area contributed by atoms with Crippen LogP contribution < -0.4 is 5.32 Å². The number of hydrogen-bond acceptors (Lipinski definition) is 1. The van der Waals surface area contributed by atoms with E-state index < -0.39 is 4.84 Å². The predicted octanol–water partition coefficient (Wildman–Crippen LogP) is 2.86. The van der Waals surface area contributed by atoms with Crippen LogP contribution >= 0.6 is 23.2 Å². The zero-order chi connectivity index (χ0) is 13.6. The number of aromatic nitrogens is 1. The number of carbonyl (C=O) groups is 1. The standard InChI is InChI=1S/C14H14Cl2N2O/c1-7-2-3-11-9(4-7)10-5-8(6-12(10)18-11)17-14(19)13(15)16/h2-4,8,13,18H,5-6H2,1H3,(H,17,19). The van der Waals surface area contributed by atoms with Crippen molar-refractivity contribution in [1.29, 1.82) is 0 Å². The first-order valence-corrected chi connectivity index (χ1v) is 7.10. The Morgan fingerprint density at radius 3 is 2.95 bits per heavy atom. The Balaban J connectivity index is 1.85. The van der Waals surface area contributed by atoms with E-state index in [4.69, 9.17) is 23.2 Å². The summed E-state index contributed by atoms with van der Waals surface area (Å²) in [6.07, 6.45) is 1.63. The summed E-state index contributed by atoms with van der Waals surface area (Å²) >= 11 is 11.1. The van der Waals surface area contributed by atoms with E-state index in [-0.39, 0.29) is 11.9 Å². The lowest BCUT2D eigenvalue weighted by molar-refractivity contribution is -0.120. The fourth-order valence-corrected chi connectivity index (χ4v) is 2.88. The van der Waals surface area contributed by atoms with Crippen molar-refractivity contribution in [3.05, 3.63) is 35.0 Å². The largest absolute Gasteiger partial charge is 0.358 e. The molecule has 3 rings (SSSR count). The molecule has 1 unspecified atom stereocenters. The van der Waals surface area contributed by atoms with Gasteiger partial charge in [-0.1, -0.05) is 34.8 Å². The van der Waals surface area contributed by atoms with Crippen LogP contribution in [0.15, 0.2) is 18.2 Å². The van der Waals surface area contributed by atoms with Gasteiger partial charge in [0.05, 0.1) is 0 Å². The number of halogens is 2. The first-order valence-electron chi connectivity index (χ1n) is 6.23. The van der Waals surface area contributed by atoms with Crippen molar-refractivity contribution in [3.63, 3.8) is 0 Å². The first-order chi connectivity index (χ1) is 9.04. The second-order valence-corrected chi connectivity index (χ2v) is 6.14. The van der Waals surface area contributed by atoms with Crippen molar-refractivity contribution in [2.24, 2.45) is 0 Å². The van der Waals surface area contributed by atoms with E-state index in [1.54, 1.807) is 0 Å². The number of nitrogens with one attached hydrogen (secondary N) is 2. The number of rotatable bonds is 2. The van der Waals surface area contributed by atoms with E-state index in [2.05, 4.69) is 35.4 Å². The van der Waals surface area contributed by atoms with Crippen LogP contribution in [0.25, 0.3) is 10.9 Å². The van der Waals surface area contributed by atoms with Crippen LogP contribution in [-0.2, 0) is 17.6 Å². The molecule has 0 aliphatic heterocycles. The quantitative estimate of drug-likeness (QED) is 0.823. The third-order valence-corrected chi connectivity index (χ3v) is 3.99. The van der Waals surface area contributed by atoms with Gasteiger partial charge in [-0.2, -0.15) is 0 Å². The van der Waals surface area contributed by atoms with Gasteiger partial charge in [0.1, 0.15) is 0 Å². The highest BCUT2D eigenvalue weighted by Crippen LogP contribution is 2.30. The summed E-state index contributed by atoms with van der Waals surface area (Å²) in [7, 11) is 0. The van der Waals surface area contributed by atoms with Crippen molar-refractivity contribution in [2.45, 2.75) is 30.6 Å². The Morgan fingerprint density at radius 1 is 1.42 bits per heavy atom. The molecule has 1 heterocycles. The molecule has 2 N–H and O–H groups in total. The topological polar surface area (TPSA) is 44.9 Å². The molecule has 100 valence electrons. The zero-order valence-electron chi connectivity index (χ0n) is 10.5. The minimum atomic E-state index is -1.00. The average Bonchev–Trinajstić information content (AvgIpc) is 2.86. The van der Waals surface area contributed by atoms with Crippen molar-refractivity contribution < 1.29 is 4.79 Å². The molecule has 5 heteroatoms. The fraction of sp³-hybridized carbons (Fsp3) is 0.357. The number of H-pyrrole nitrogens is 1. The van der Waals surface area contributed by atoms with E-state index >= 15 is 0 Å². The first kappa shape index (κ1) is 12.8. The van der Waals surface area contributed by atoms with Gasteiger partial charge in [0.2, 0.25) is 0 Å². The molecular weight excluding hydrogens is 283 g/mol. The fourth-order valence-electron chi connectivity index (χ4n) is 2.76. The van der Waals surface area contributed by atoms with E-state index in [1.807, 2.05) is 0 Å². The number of benzene rings is 1. The van der Waals surface area contributed by atoms with Crippen molar-refractivity contribution >= 4 is 40.0 Å². The molecule has 0 saturated heterocycles. The van der Waals surface area contributed by atoms with Gasteiger partial charge < -0.3 is 10.3 Å². The summed E-state index contributed by atoms with van der Waals surface area (Å²) < 4.78 is 0. The van der Waals surface area contributed by atoms with Gasteiger partial charge in [-0.25, -0.2) is 0 Å². The number of fused-ring (bicyclic) bond motifs is 3. The molecule has 1 atom stereocenters. The molecule has 2 aromatic rings. The Bertz CT molecular complexity index is 648. The molecule has 0 saturated carbocycles. The molecule has 0 spiro atoms. The smallest absolute Gasteiger partial charge is 0.253 e. The van der Waals surface area contributed by atoms with Crippen LogP contribution in [0, 0.1) is 6.92 Å². The van der Waals surface area contributed by atoms with Gasteiger partial charge in [0.25, 0.3) is 5.91 Å². The molecule has 0 radical (unpaired) electrons. The van der Waals surface area contributed by atoms with Crippen LogP contribution in [0.4, 0.5) is 0 Å². The number of hydrogen-bond donors (Lipinski definition) is 2. The Labute approximate surface area is 121 Å². The highest BCUT2D eigenvalue weighted by Gasteiger charge is 2.27. The van der Waals surface area contributed by atoms with E-state index in [0.717, 1.165) is 18.4 Å². The Hall–Kier alpha value is -1.19. The lowest BCUT2D eigenvalue weighted by Crippen LogP contribution is -2.38. The molecular formula is C14H14Cl2N2O. The number of carbonyl (C=O) groups excluding carboxylic acids is 1. The van der Waals surface area contributed by atoms with Crippen LogP contribution in [0.2, 0.25) is 0 Å². The van der Waals surface area contributed by atoms with Gasteiger partial charge in [-0.15, -0.1) is 0 Å². The third-order valence-electron chi connectivity index (χ3n) is 3.60. The monoisotopic (exact) mass is 296 g/mol. The van der Waals surface area contributed by atoms with Gasteiger partial charge in [-0.3, -0.25) is 4.79 Å². The lowest BCUT2D eigenvalue weighted by atomic mass is 10.1. The molecule has 0 fully saturated rings. The molecule has 1 aliphatic rings. The molecule has 1 amide bonds.